The molecule has 0 N–H and O–H groups in total. The molecule has 0 aliphatic carbocycles. The fraction of sp³-hybridized carbons (Fsp3) is 0.235. The third-order valence-electron chi connectivity index (χ3n) is 3.98. The molecule has 0 fully saturated rings. The summed E-state index contributed by atoms with van der Waals surface area (Å²) >= 11 is 5.81. The Morgan fingerprint density at radius 2 is 1.68 bits per heavy atom. The molecule has 0 radical (unpaired) electrons. The van der Waals surface area contributed by atoms with E-state index in [2.05, 4.69) is 11.8 Å². The Balaban J connectivity index is 2.56. The highest BCUT2D eigenvalue weighted by molar-refractivity contribution is 8.15. The van der Waals surface area contributed by atoms with Gasteiger partial charge in [0.1, 0.15) is 0 Å². The molecule has 0 spiro atoms. The number of rotatable bonds is 7. The standard InChI is InChI=1S/C17H20F3N5OPS/c1-21-22(2)27(28,15-10-6-4-7-11-15)23(3)25(16(26)17(18,19)20)14-24-12-8-5-9-13-24/h4-13H,1,14H2,2-3H3/q+1. The van der Waals surface area contributed by atoms with Gasteiger partial charge in [-0.2, -0.15) is 27.6 Å². The summed E-state index contributed by atoms with van der Waals surface area (Å²) in [7, 11) is 2.89. The highest BCUT2D eigenvalue weighted by atomic mass is 32.4. The van der Waals surface area contributed by atoms with Crippen molar-refractivity contribution in [1.29, 1.82) is 0 Å². The van der Waals surface area contributed by atoms with Crippen LogP contribution in [0.2, 0.25) is 0 Å². The molecule has 0 saturated carbocycles. The largest absolute Gasteiger partial charge is 0.473 e. The number of hydrogen-bond donors (Lipinski definition) is 0. The summed E-state index contributed by atoms with van der Waals surface area (Å²) in [5.41, 5.74) is 0. The summed E-state index contributed by atoms with van der Waals surface area (Å²) in [6.45, 7) is 3.08. The van der Waals surface area contributed by atoms with Crippen LogP contribution in [-0.4, -0.2) is 47.5 Å². The van der Waals surface area contributed by atoms with Crippen molar-refractivity contribution in [2.24, 2.45) is 5.10 Å². The second-order valence-electron chi connectivity index (χ2n) is 5.73. The highest BCUT2D eigenvalue weighted by Gasteiger charge is 2.48. The second kappa shape index (κ2) is 8.81. The number of benzene rings is 1. The molecule has 1 unspecified atom stereocenters. The predicted molar refractivity (Wildman–Crippen MR) is 105 cm³/mol. The van der Waals surface area contributed by atoms with Crippen LogP contribution >= 0.6 is 6.34 Å². The van der Waals surface area contributed by atoms with Gasteiger partial charge in [-0.1, -0.05) is 36.4 Å². The molecule has 0 aliphatic heterocycles. The summed E-state index contributed by atoms with van der Waals surface area (Å²) < 4.78 is 44.0. The number of hydrogen-bond acceptors (Lipinski definition) is 3. The minimum atomic E-state index is -5.07. The second-order valence-corrected chi connectivity index (χ2v) is 10.0. The van der Waals surface area contributed by atoms with Gasteiger partial charge in [-0.25, -0.2) is 5.01 Å². The molecule has 11 heteroatoms. The van der Waals surface area contributed by atoms with Crippen molar-refractivity contribution in [2.45, 2.75) is 12.8 Å². The zero-order valence-corrected chi connectivity index (χ0v) is 17.0. The zero-order valence-electron chi connectivity index (χ0n) is 15.3. The minimum Gasteiger partial charge on any atom is -0.263 e. The zero-order chi connectivity index (χ0) is 20.9. The lowest BCUT2D eigenvalue weighted by molar-refractivity contribution is -0.717. The number of aromatic nitrogens is 1. The molecule has 2 rings (SSSR count). The fourth-order valence-corrected chi connectivity index (χ4v) is 5.48. The van der Waals surface area contributed by atoms with Gasteiger partial charge >= 0.3 is 12.1 Å². The monoisotopic (exact) mass is 430 g/mol. The molecule has 1 atom stereocenters. The Morgan fingerprint density at radius 3 is 2.18 bits per heavy atom. The average molecular weight is 430 g/mol. The molecule has 1 aromatic carbocycles. The SMILES string of the molecule is C=NN(C)P(=S)(c1ccccc1)N(C)N(C[n+]1ccccc1)C(=O)C(F)(F)F. The summed E-state index contributed by atoms with van der Waals surface area (Å²) in [5.74, 6) is -2.02. The van der Waals surface area contributed by atoms with Gasteiger partial charge in [-0.3, -0.25) is 9.57 Å². The number of alkyl halides is 3. The van der Waals surface area contributed by atoms with Crippen molar-refractivity contribution < 1.29 is 22.5 Å². The molecule has 0 saturated heterocycles. The Hall–Kier alpha value is -2.29. The number of pyridine rings is 1. The van der Waals surface area contributed by atoms with Gasteiger partial charge in [0.05, 0.1) is 0 Å². The molecule has 1 heterocycles. The van der Waals surface area contributed by atoms with Crippen LogP contribution in [0.3, 0.4) is 0 Å². The Kier molecular flexibility index (Phi) is 6.92. The van der Waals surface area contributed by atoms with Crippen molar-refractivity contribution in [3.63, 3.8) is 0 Å². The van der Waals surface area contributed by atoms with Gasteiger partial charge in [0.2, 0.25) is 6.67 Å². The molecule has 1 amide bonds. The molecule has 0 bridgehead atoms. The van der Waals surface area contributed by atoms with Crippen LogP contribution in [0.15, 0.2) is 66.0 Å². The van der Waals surface area contributed by atoms with E-state index in [0.29, 0.717) is 10.3 Å². The normalized spacial score (nSPS) is 13.6. The fourth-order valence-electron chi connectivity index (χ4n) is 2.49. The molecular formula is C17H20F3N5OPS+. The predicted octanol–water partition coefficient (Wildman–Crippen LogP) is 2.35. The van der Waals surface area contributed by atoms with Crippen LogP contribution in [0.1, 0.15) is 0 Å². The third-order valence-corrected chi connectivity index (χ3v) is 8.92. The van der Waals surface area contributed by atoms with Crippen LogP contribution in [0, 0.1) is 0 Å². The molecular weight excluding hydrogens is 410 g/mol. The third kappa shape index (κ3) is 4.57. The van der Waals surface area contributed by atoms with Crippen molar-refractivity contribution in [1.82, 2.24) is 14.6 Å². The van der Waals surface area contributed by atoms with E-state index in [9.17, 15) is 18.0 Å². The topological polar surface area (TPSA) is 43.0 Å². The number of hydrazone groups is 1. The molecule has 1 aromatic heterocycles. The molecule has 6 nitrogen and oxygen atoms in total. The van der Waals surface area contributed by atoms with Crippen molar-refractivity contribution in [3.8, 4) is 0 Å². The first-order valence-corrected chi connectivity index (χ1v) is 10.8. The first kappa shape index (κ1) is 22.0. The van der Waals surface area contributed by atoms with Crippen LogP contribution in [0.25, 0.3) is 0 Å². The van der Waals surface area contributed by atoms with Gasteiger partial charge in [-0.05, 0) is 11.8 Å². The quantitative estimate of drug-likeness (QED) is 0.293. The number of hydrazine groups is 1. The van der Waals surface area contributed by atoms with Gasteiger partial charge in [0.25, 0.3) is 0 Å². The van der Waals surface area contributed by atoms with Gasteiger partial charge in [0.15, 0.2) is 18.7 Å². The number of carbonyl (C=O) groups excluding carboxylic acids is 1. The van der Waals surface area contributed by atoms with E-state index in [1.165, 1.54) is 23.4 Å². The van der Waals surface area contributed by atoms with E-state index in [0.717, 1.165) is 4.78 Å². The number of amides is 1. The Bertz CT molecular complexity index is 866. The van der Waals surface area contributed by atoms with Crippen molar-refractivity contribution >= 4 is 36.1 Å². The molecule has 0 aliphatic rings. The van der Waals surface area contributed by atoms with Crippen molar-refractivity contribution in [2.75, 3.05) is 14.1 Å². The maximum Gasteiger partial charge on any atom is 0.473 e. The van der Waals surface area contributed by atoms with Gasteiger partial charge in [-0.15, -0.1) is 0 Å². The Morgan fingerprint density at radius 1 is 1.14 bits per heavy atom. The maximum absolute atomic E-state index is 13.3. The lowest BCUT2D eigenvalue weighted by atomic mass is 10.4. The lowest BCUT2D eigenvalue weighted by Crippen LogP contribution is -2.56. The van der Waals surface area contributed by atoms with Crippen molar-refractivity contribution in [3.05, 3.63) is 60.9 Å². The first-order valence-electron chi connectivity index (χ1n) is 8.05. The number of carbonyl (C=O) groups is 1. The highest BCUT2D eigenvalue weighted by Crippen LogP contribution is 2.52. The van der Waals surface area contributed by atoms with E-state index in [-0.39, 0.29) is 6.67 Å². The average Bonchev–Trinajstić information content (AvgIpc) is 2.70. The Labute approximate surface area is 166 Å². The van der Waals surface area contributed by atoms with Gasteiger partial charge < -0.3 is 0 Å². The minimum absolute atomic E-state index is 0.369. The van der Waals surface area contributed by atoms with E-state index in [1.807, 2.05) is 0 Å². The first-order chi connectivity index (χ1) is 13.1. The van der Waals surface area contributed by atoms with E-state index in [1.54, 1.807) is 60.9 Å². The van der Waals surface area contributed by atoms with Crippen LogP contribution < -0.4 is 9.87 Å². The van der Waals surface area contributed by atoms with Crippen LogP contribution in [-0.2, 0) is 23.3 Å². The van der Waals surface area contributed by atoms with Gasteiger partial charge in [0, 0.05) is 38.3 Å². The number of nitrogens with zero attached hydrogens (tertiary/aromatic N) is 5. The number of halogens is 3. The van der Waals surface area contributed by atoms with E-state index in [4.69, 9.17) is 11.8 Å². The van der Waals surface area contributed by atoms with Crippen LogP contribution in [0.5, 0.6) is 0 Å². The summed E-state index contributed by atoms with van der Waals surface area (Å²) in [6.07, 6.45) is -5.05. The molecule has 2 aromatic rings. The molecule has 150 valence electrons. The summed E-state index contributed by atoms with van der Waals surface area (Å²) in [5, 5.41) is 4.99. The maximum atomic E-state index is 13.3. The summed E-state index contributed by atoms with van der Waals surface area (Å²) in [6, 6.07) is 13.6. The van der Waals surface area contributed by atoms with E-state index >= 15 is 0 Å². The lowest BCUT2D eigenvalue weighted by Gasteiger charge is -2.41. The van der Waals surface area contributed by atoms with E-state index < -0.39 is 18.4 Å². The molecule has 28 heavy (non-hydrogen) atoms. The smallest absolute Gasteiger partial charge is 0.263 e. The van der Waals surface area contributed by atoms with Crippen LogP contribution in [0.4, 0.5) is 13.2 Å². The summed E-state index contributed by atoms with van der Waals surface area (Å²) in [4.78, 5) is 12.3.